The first-order chi connectivity index (χ1) is 11.2. The maximum atomic E-state index is 12.6. The van der Waals surface area contributed by atoms with Crippen LogP contribution in [-0.4, -0.2) is 28.6 Å². The highest BCUT2D eigenvalue weighted by molar-refractivity contribution is 8.00. The van der Waals surface area contributed by atoms with E-state index in [1.807, 2.05) is 11.9 Å². The van der Waals surface area contributed by atoms with Crippen molar-refractivity contribution in [1.29, 1.82) is 0 Å². The molecule has 0 N–H and O–H groups in total. The predicted molar refractivity (Wildman–Crippen MR) is 94.9 cm³/mol. The van der Waals surface area contributed by atoms with Crippen molar-refractivity contribution in [2.45, 2.75) is 30.3 Å². The highest BCUT2D eigenvalue weighted by atomic mass is 35.5. The summed E-state index contributed by atoms with van der Waals surface area (Å²) in [7, 11) is 1.90. The lowest BCUT2D eigenvalue weighted by Crippen LogP contribution is -2.34. The number of carbonyl (C=O) groups excluding carboxylic acids is 1. The fourth-order valence-corrected chi connectivity index (χ4v) is 4.10. The number of carbonyl (C=O) groups is 1. The number of aromatic nitrogens is 1. The van der Waals surface area contributed by atoms with Gasteiger partial charge in [-0.1, -0.05) is 47.6 Å². The summed E-state index contributed by atoms with van der Waals surface area (Å²) in [5.74, 6) is 0.463. The van der Waals surface area contributed by atoms with Crippen LogP contribution < -0.4 is 0 Å². The average molecular weight is 347 g/mol. The van der Waals surface area contributed by atoms with Crippen molar-refractivity contribution in [1.82, 2.24) is 9.88 Å². The monoisotopic (exact) mass is 346 g/mol. The number of benzene rings is 1. The molecule has 120 valence electrons. The van der Waals surface area contributed by atoms with Gasteiger partial charge in [-0.3, -0.25) is 4.79 Å². The summed E-state index contributed by atoms with van der Waals surface area (Å²) in [6.07, 6.45) is 4.94. The molecular formula is C18H19ClN2OS. The molecule has 0 saturated carbocycles. The third kappa shape index (κ3) is 3.70. The van der Waals surface area contributed by atoms with Gasteiger partial charge >= 0.3 is 0 Å². The molecule has 0 radical (unpaired) electrons. The van der Waals surface area contributed by atoms with Crippen molar-refractivity contribution >= 4 is 29.3 Å². The fraction of sp³-hybridized carbons (Fsp3) is 0.333. The second-order valence-corrected chi connectivity index (χ2v) is 7.06. The number of hydrogen-bond acceptors (Lipinski definition) is 3. The third-order valence-electron chi connectivity index (χ3n) is 4.26. The summed E-state index contributed by atoms with van der Waals surface area (Å²) in [5.41, 5.74) is 2.65. The fourth-order valence-electron chi connectivity index (χ4n) is 3.01. The highest BCUT2D eigenvalue weighted by Gasteiger charge is 2.26. The van der Waals surface area contributed by atoms with E-state index in [9.17, 15) is 4.79 Å². The maximum Gasteiger partial charge on any atom is 0.233 e. The first-order valence-corrected chi connectivity index (χ1v) is 9.10. The van der Waals surface area contributed by atoms with Gasteiger partial charge in [0.15, 0.2) is 0 Å². The summed E-state index contributed by atoms with van der Waals surface area (Å²) in [5, 5.41) is 1.30. The first kappa shape index (κ1) is 16.3. The number of rotatable bonds is 4. The van der Waals surface area contributed by atoms with Crippen LogP contribution in [-0.2, 0) is 11.2 Å². The van der Waals surface area contributed by atoms with Crippen molar-refractivity contribution < 1.29 is 4.79 Å². The molecule has 1 aliphatic carbocycles. The summed E-state index contributed by atoms with van der Waals surface area (Å²) >= 11 is 7.49. The van der Waals surface area contributed by atoms with Crippen molar-refractivity contribution in [3.63, 3.8) is 0 Å². The van der Waals surface area contributed by atoms with Gasteiger partial charge in [0.2, 0.25) is 5.91 Å². The van der Waals surface area contributed by atoms with Gasteiger partial charge in [0, 0.05) is 13.2 Å². The van der Waals surface area contributed by atoms with Crippen LogP contribution in [0.2, 0.25) is 5.02 Å². The van der Waals surface area contributed by atoms with Gasteiger partial charge in [0.25, 0.3) is 0 Å². The van der Waals surface area contributed by atoms with Crippen molar-refractivity contribution in [3.8, 4) is 0 Å². The lowest BCUT2D eigenvalue weighted by atomic mass is 9.87. The molecule has 3 nitrogen and oxygen atoms in total. The lowest BCUT2D eigenvalue weighted by Gasteiger charge is -2.33. The standard InChI is InChI=1S/C18H19ClN2OS/c1-21(16-10-4-7-13-6-2-3-8-14(13)16)17(22)12-23-18-15(19)9-5-11-20-18/h2-3,5-6,8-9,11,16H,4,7,10,12H2,1H3. The number of thioether (sulfide) groups is 1. The summed E-state index contributed by atoms with van der Waals surface area (Å²) < 4.78 is 0. The SMILES string of the molecule is CN(C(=O)CSc1ncccc1Cl)C1CCCc2ccccc21. The molecule has 1 aromatic carbocycles. The smallest absolute Gasteiger partial charge is 0.233 e. The number of hydrogen-bond donors (Lipinski definition) is 0. The number of amides is 1. The van der Waals surface area contributed by atoms with Gasteiger partial charge in [-0.15, -0.1) is 0 Å². The molecule has 0 spiro atoms. The average Bonchev–Trinajstić information content (AvgIpc) is 2.59. The molecule has 1 amide bonds. The molecule has 1 aromatic heterocycles. The molecular weight excluding hydrogens is 328 g/mol. The molecule has 1 heterocycles. The third-order valence-corrected chi connectivity index (χ3v) is 5.66. The lowest BCUT2D eigenvalue weighted by molar-refractivity contribution is -0.129. The maximum absolute atomic E-state index is 12.6. The van der Waals surface area contributed by atoms with Gasteiger partial charge in [-0.2, -0.15) is 0 Å². The normalized spacial score (nSPS) is 16.7. The number of pyridine rings is 1. The van der Waals surface area contributed by atoms with E-state index in [4.69, 9.17) is 11.6 Å². The highest BCUT2D eigenvalue weighted by Crippen LogP contribution is 2.34. The van der Waals surface area contributed by atoms with Gasteiger partial charge in [0.1, 0.15) is 5.03 Å². The van der Waals surface area contributed by atoms with E-state index < -0.39 is 0 Å². The van der Waals surface area contributed by atoms with Crippen LogP contribution in [0.5, 0.6) is 0 Å². The van der Waals surface area contributed by atoms with Gasteiger partial charge in [-0.25, -0.2) is 4.98 Å². The van der Waals surface area contributed by atoms with Crippen molar-refractivity contribution in [2.24, 2.45) is 0 Å². The first-order valence-electron chi connectivity index (χ1n) is 7.73. The van der Waals surface area contributed by atoms with Crippen LogP contribution in [0.15, 0.2) is 47.6 Å². The zero-order valence-electron chi connectivity index (χ0n) is 13.0. The number of fused-ring (bicyclic) bond motifs is 1. The van der Waals surface area contributed by atoms with E-state index in [-0.39, 0.29) is 11.9 Å². The Bertz CT molecular complexity index is 707. The van der Waals surface area contributed by atoms with E-state index in [1.54, 1.807) is 18.3 Å². The molecule has 3 rings (SSSR count). The van der Waals surface area contributed by atoms with Gasteiger partial charge in [-0.05, 0) is 42.5 Å². The molecule has 23 heavy (non-hydrogen) atoms. The Labute approximate surface area is 146 Å². The molecule has 2 aromatic rings. The zero-order valence-corrected chi connectivity index (χ0v) is 14.6. The van der Waals surface area contributed by atoms with E-state index in [0.29, 0.717) is 15.8 Å². The molecule has 0 saturated heterocycles. The van der Waals surface area contributed by atoms with Gasteiger partial charge in [0.05, 0.1) is 16.8 Å². The van der Waals surface area contributed by atoms with E-state index in [2.05, 4.69) is 29.2 Å². The van der Waals surface area contributed by atoms with Gasteiger partial charge < -0.3 is 4.90 Å². The van der Waals surface area contributed by atoms with Crippen LogP contribution in [0.3, 0.4) is 0 Å². The minimum absolute atomic E-state index is 0.110. The second-order valence-electron chi connectivity index (χ2n) is 5.69. The van der Waals surface area contributed by atoms with Crippen LogP contribution in [0.1, 0.15) is 30.0 Å². The quantitative estimate of drug-likeness (QED) is 0.771. The Hall–Kier alpha value is -1.52. The molecule has 5 heteroatoms. The molecule has 0 fully saturated rings. The van der Waals surface area contributed by atoms with Crippen LogP contribution in [0.4, 0.5) is 0 Å². The van der Waals surface area contributed by atoms with E-state index >= 15 is 0 Å². The molecule has 1 unspecified atom stereocenters. The predicted octanol–water partition coefficient (Wildman–Crippen LogP) is 4.36. The number of halogens is 1. The number of nitrogens with zero attached hydrogens (tertiary/aromatic N) is 2. The van der Waals surface area contributed by atoms with Crippen LogP contribution in [0, 0.1) is 0 Å². The summed E-state index contributed by atoms with van der Waals surface area (Å²) in [6, 6.07) is 12.2. The Morgan fingerprint density at radius 3 is 3.00 bits per heavy atom. The van der Waals surface area contributed by atoms with Crippen LogP contribution >= 0.6 is 23.4 Å². The van der Waals surface area contributed by atoms with Crippen molar-refractivity contribution in [2.75, 3.05) is 12.8 Å². The largest absolute Gasteiger partial charge is 0.338 e. The summed E-state index contributed by atoms with van der Waals surface area (Å²) in [4.78, 5) is 18.7. The van der Waals surface area contributed by atoms with Crippen molar-refractivity contribution in [3.05, 3.63) is 58.7 Å². The molecule has 0 bridgehead atoms. The Balaban J connectivity index is 1.68. The Morgan fingerprint density at radius 1 is 1.35 bits per heavy atom. The molecule has 0 aliphatic heterocycles. The van der Waals surface area contributed by atoms with E-state index in [1.165, 1.54) is 22.9 Å². The van der Waals surface area contributed by atoms with Crippen LogP contribution in [0.25, 0.3) is 0 Å². The topological polar surface area (TPSA) is 33.2 Å². The Morgan fingerprint density at radius 2 is 2.17 bits per heavy atom. The second kappa shape index (κ2) is 7.37. The van der Waals surface area contributed by atoms with E-state index in [0.717, 1.165) is 19.3 Å². The number of aryl methyl sites for hydroxylation is 1. The zero-order chi connectivity index (χ0) is 16.2. The minimum Gasteiger partial charge on any atom is -0.338 e. The minimum atomic E-state index is 0.110. The molecule has 1 aliphatic rings. The summed E-state index contributed by atoms with van der Waals surface area (Å²) in [6.45, 7) is 0. The molecule has 1 atom stereocenters. The Kier molecular flexibility index (Phi) is 5.23.